The van der Waals surface area contributed by atoms with Gasteiger partial charge in [0, 0.05) is 12.6 Å². The van der Waals surface area contributed by atoms with Crippen molar-refractivity contribution in [1.29, 1.82) is 0 Å². The summed E-state index contributed by atoms with van der Waals surface area (Å²) in [5.74, 6) is 0.0184. The van der Waals surface area contributed by atoms with Crippen molar-refractivity contribution >= 4 is 0 Å². The topological polar surface area (TPSA) is 38.0 Å². The van der Waals surface area contributed by atoms with Crippen LogP contribution in [-0.2, 0) is 6.42 Å². The van der Waals surface area contributed by atoms with Crippen molar-refractivity contribution in [2.75, 3.05) is 6.54 Å². The van der Waals surface area contributed by atoms with Crippen molar-refractivity contribution in [1.82, 2.24) is 5.32 Å². The lowest BCUT2D eigenvalue weighted by Gasteiger charge is -2.07. The number of nitrogens with two attached hydrogens (primary N) is 1. The molecule has 0 aromatic heterocycles. The number of benzene rings is 1. The Hall–Kier alpha value is -1.58. The molecule has 2 rings (SSSR count). The van der Waals surface area contributed by atoms with E-state index < -0.39 is 11.6 Å². The highest BCUT2D eigenvalue weighted by Crippen LogP contribution is 2.17. The Balaban J connectivity index is 1.95. The number of aryl methyl sites for hydroxylation is 1. The highest BCUT2D eigenvalue weighted by atomic mass is 19.1. The third-order valence-electron chi connectivity index (χ3n) is 2.78. The summed E-state index contributed by atoms with van der Waals surface area (Å²) < 4.78 is 26.0. The lowest BCUT2D eigenvalue weighted by molar-refractivity contribution is 0.550. The summed E-state index contributed by atoms with van der Waals surface area (Å²) in [4.78, 5) is 0. The molecule has 4 heteroatoms. The smallest absolute Gasteiger partial charge is 0.129 e. The first-order valence-corrected chi connectivity index (χ1v) is 5.30. The van der Waals surface area contributed by atoms with E-state index >= 15 is 0 Å². The van der Waals surface area contributed by atoms with Crippen LogP contribution in [0.15, 0.2) is 30.1 Å². The standard InChI is InChI=1S/C12H14F2N2/c13-10-4-3-9(11(14)6-10)2-1-8-5-12(15)16-7-8/h3-6,8,16H,1-2,7,15H2/t8-/m0/s1. The summed E-state index contributed by atoms with van der Waals surface area (Å²) in [5.41, 5.74) is 6.13. The molecule has 0 unspecified atom stereocenters. The summed E-state index contributed by atoms with van der Waals surface area (Å²) >= 11 is 0. The third-order valence-corrected chi connectivity index (χ3v) is 2.78. The summed E-state index contributed by atoms with van der Waals surface area (Å²) in [6.45, 7) is 0.800. The van der Waals surface area contributed by atoms with Gasteiger partial charge in [0.2, 0.25) is 0 Å². The molecule has 1 atom stereocenters. The maximum Gasteiger partial charge on any atom is 0.129 e. The molecule has 1 heterocycles. The van der Waals surface area contributed by atoms with Crippen LogP contribution < -0.4 is 11.1 Å². The lowest BCUT2D eigenvalue weighted by Crippen LogP contribution is -2.16. The van der Waals surface area contributed by atoms with E-state index in [1.807, 2.05) is 6.08 Å². The molecule has 0 bridgehead atoms. The molecule has 0 spiro atoms. The van der Waals surface area contributed by atoms with Gasteiger partial charge in [-0.3, -0.25) is 0 Å². The van der Waals surface area contributed by atoms with Gasteiger partial charge in [0.25, 0.3) is 0 Å². The zero-order chi connectivity index (χ0) is 11.5. The Kier molecular flexibility index (Phi) is 3.08. The third kappa shape index (κ3) is 2.51. The zero-order valence-electron chi connectivity index (χ0n) is 8.84. The van der Waals surface area contributed by atoms with E-state index in [2.05, 4.69) is 5.32 Å². The van der Waals surface area contributed by atoms with Gasteiger partial charge >= 0.3 is 0 Å². The van der Waals surface area contributed by atoms with Crippen molar-refractivity contribution in [3.8, 4) is 0 Å². The molecule has 16 heavy (non-hydrogen) atoms. The van der Waals surface area contributed by atoms with Crippen LogP contribution in [-0.4, -0.2) is 6.54 Å². The van der Waals surface area contributed by atoms with Gasteiger partial charge in [-0.1, -0.05) is 6.07 Å². The minimum absolute atomic E-state index is 0.337. The van der Waals surface area contributed by atoms with Gasteiger partial charge in [-0.2, -0.15) is 0 Å². The normalized spacial score (nSPS) is 19.4. The molecule has 1 aromatic carbocycles. The van der Waals surface area contributed by atoms with E-state index in [9.17, 15) is 8.78 Å². The summed E-state index contributed by atoms with van der Waals surface area (Å²) in [5, 5.41) is 3.01. The highest BCUT2D eigenvalue weighted by Gasteiger charge is 2.14. The number of nitrogens with one attached hydrogen (secondary N) is 1. The van der Waals surface area contributed by atoms with Gasteiger partial charge in [-0.15, -0.1) is 0 Å². The second-order valence-electron chi connectivity index (χ2n) is 4.04. The summed E-state index contributed by atoms with van der Waals surface area (Å²) in [7, 11) is 0. The fraction of sp³-hybridized carbons (Fsp3) is 0.333. The van der Waals surface area contributed by atoms with Crippen molar-refractivity contribution < 1.29 is 8.78 Å². The Bertz CT molecular complexity index is 415. The van der Waals surface area contributed by atoms with E-state index in [1.165, 1.54) is 12.1 Å². The Morgan fingerprint density at radius 2 is 2.19 bits per heavy atom. The number of hydrogen-bond acceptors (Lipinski definition) is 2. The average Bonchev–Trinajstić information content (AvgIpc) is 2.63. The molecule has 1 aromatic rings. The van der Waals surface area contributed by atoms with Crippen molar-refractivity contribution in [2.45, 2.75) is 12.8 Å². The van der Waals surface area contributed by atoms with Gasteiger partial charge in [-0.05, 0) is 36.5 Å². The molecular formula is C12H14F2N2. The first-order chi connectivity index (χ1) is 7.65. The quantitative estimate of drug-likeness (QED) is 0.823. The molecule has 2 nitrogen and oxygen atoms in total. The first-order valence-electron chi connectivity index (χ1n) is 5.30. The Morgan fingerprint density at radius 1 is 1.38 bits per heavy atom. The molecule has 1 aliphatic heterocycles. The molecule has 3 N–H and O–H groups in total. The van der Waals surface area contributed by atoms with Crippen molar-refractivity contribution in [3.63, 3.8) is 0 Å². The summed E-state index contributed by atoms with van der Waals surface area (Å²) in [6, 6.07) is 3.71. The fourth-order valence-electron chi connectivity index (χ4n) is 1.87. The van der Waals surface area contributed by atoms with E-state index in [0.717, 1.165) is 19.0 Å². The van der Waals surface area contributed by atoms with Gasteiger partial charge in [0.1, 0.15) is 11.6 Å². The number of rotatable bonds is 3. The van der Waals surface area contributed by atoms with Crippen LogP contribution in [0.1, 0.15) is 12.0 Å². The fourth-order valence-corrected chi connectivity index (χ4v) is 1.87. The van der Waals surface area contributed by atoms with Gasteiger partial charge in [-0.25, -0.2) is 8.78 Å². The lowest BCUT2D eigenvalue weighted by atomic mass is 10.0. The van der Waals surface area contributed by atoms with Crippen molar-refractivity contribution in [3.05, 3.63) is 47.3 Å². The molecule has 86 valence electrons. The van der Waals surface area contributed by atoms with Crippen LogP contribution in [0.5, 0.6) is 0 Å². The van der Waals surface area contributed by atoms with E-state index in [0.29, 0.717) is 23.7 Å². The second-order valence-corrected chi connectivity index (χ2v) is 4.04. The van der Waals surface area contributed by atoms with E-state index in [4.69, 9.17) is 5.73 Å². The largest absolute Gasteiger partial charge is 0.386 e. The second kappa shape index (κ2) is 4.51. The maximum absolute atomic E-state index is 13.3. The van der Waals surface area contributed by atoms with Crippen molar-refractivity contribution in [2.24, 2.45) is 11.7 Å². The molecule has 0 saturated heterocycles. The van der Waals surface area contributed by atoms with Crippen LogP contribution >= 0.6 is 0 Å². The van der Waals surface area contributed by atoms with Gasteiger partial charge in [0.15, 0.2) is 0 Å². The van der Waals surface area contributed by atoms with E-state index in [-0.39, 0.29) is 0 Å². The maximum atomic E-state index is 13.3. The van der Waals surface area contributed by atoms with Gasteiger partial charge in [0.05, 0.1) is 5.82 Å². The predicted molar refractivity (Wildman–Crippen MR) is 58.4 cm³/mol. The van der Waals surface area contributed by atoms with E-state index in [1.54, 1.807) is 0 Å². The zero-order valence-corrected chi connectivity index (χ0v) is 8.84. The molecule has 0 saturated carbocycles. The molecule has 0 amide bonds. The monoisotopic (exact) mass is 224 g/mol. The minimum atomic E-state index is -0.534. The van der Waals surface area contributed by atoms with Gasteiger partial charge < -0.3 is 11.1 Å². The number of hydrogen-bond donors (Lipinski definition) is 2. The Morgan fingerprint density at radius 3 is 2.81 bits per heavy atom. The van der Waals surface area contributed by atoms with Crippen LogP contribution in [0.2, 0.25) is 0 Å². The highest BCUT2D eigenvalue weighted by molar-refractivity contribution is 5.19. The summed E-state index contributed by atoms with van der Waals surface area (Å²) in [6.07, 6.45) is 3.36. The predicted octanol–water partition coefficient (Wildman–Crippen LogP) is 1.92. The average molecular weight is 224 g/mol. The molecular weight excluding hydrogens is 210 g/mol. The minimum Gasteiger partial charge on any atom is -0.386 e. The number of halogens is 2. The van der Waals surface area contributed by atoms with Crippen LogP contribution in [0, 0.1) is 17.6 Å². The molecule has 0 aliphatic carbocycles. The first kappa shape index (κ1) is 10.9. The van der Waals surface area contributed by atoms with Crippen LogP contribution in [0.3, 0.4) is 0 Å². The molecule has 1 aliphatic rings. The molecule has 0 fully saturated rings. The molecule has 0 radical (unpaired) electrons. The van der Waals surface area contributed by atoms with Crippen LogP contribution in [0.4, 0.5) is 8.78 Å². The Labute approximate surface area is 93.1 Å². The SMILES string of the molecule is NC1=C[C@H](CCc2ccc(F)cc2F)CN1. The van der Waals surface area contributed by atoms with Crippen LogP contribution in [0.25, 0.3) is 0 Å².